The first kappa shape index (κ1) is 19.1. The number of oxazole rings is 1. The fourth-order valence-corrected chi connectivity index (χ4v) is 4.62. The highest BCUT2D eigenvalue weighted by atomic mass is 35.5. The van der Waals surface area contributed by atoms with Gasteiger partial charge in [-0.15, -0.1) is 11.3 Å². The third kappa shape index (κ3) is 3.43. The predicted molar refractivity (Wildman–Crippen MR) is 122 cm³/mol. The number of fused-ring (bicyclic) bond motifs is 2. The van der Waals surface area contributed by atoms with Crippen molar-refractivity contribution in [2.45, 2.75) is 6.92 Å². The highest BCUT2D eigenvalue weighted by Gasteiger charge is 2.17. The maximum atomic E-state index is 12.8. The van der Waals surface area contributed by atoms with Gasteiger partial charge in [-0.3, -0.25) is 4.79 Å². The van der Waals surface area contributed by atoms with Crippen LogP contribution in [0.25, 0.3) is 32.8 Å². The summed E-state index contributed by atoms with van der Waals surface area (Å²) in [5.74, 6) is 0.0652. The van der Waals surface area contributed by atoms with E-state index in [1.54, 1.807) is 47.7 Å². The molecule has 2 heterocycles. The highest BCUT2D eigenvalue weighted by Crippen LogP contribution is 2.35. The summed E-state index contributed by atoms with van der Waals surface area (Å²) in [5, 5.41) is 4.79. The molecular formula is C22H13Cl2N3O2S. The van der Waals surface area contributed by atoms with E-state index in [9.17, 15) is 4.79 Å². The summed E-state index contributed by atoms with van der Waals surface area (Å²) in [6.07, 6.45) is 0. The van der Waals surface area contributed by atoms with Gasteiger partial charge in [-0.25, -0.2) is 9.97 Å². The Morgan fingerprint density at radius 1 is 1.00 bits per heavy atom. The fraction of sp³-hybridized carbons (Fsp3) is 0.0455. The van der Waals surface area contributed by atoms with Crippen molar-refractivity contribution in [3.8, 4) is 11.5 Å². The quantitative estimate of drug-likeness (QED) is 0.320. The lowest BCUT2D eigenvalue weighted by Gasteiger charge is -2.05. The summed E-state index contributed by atoms with van der Waals surface area (Å²) in [4.78, 5) is 21.6. The highest BCUT2D eigenvalue weighted by molar-refractivity contribution is 7.18. The number of benzene rings is 3. The average molecular weight is 454 g/mol. The van der Waals surface area contributed by atoms with E-state index in [0.717, 1.165) is 15.2 Å². The van der Waals surface area contributed by atoms with Crippen molar-refractivity contribution in [1.29, 1.82) is 0 Å². The van der Waals surface area contributed by atoms with Crippen LogP contribution in [0.5, 0.6) is 0 Å². The van der Waals surface area contributed by atoms with E-state index in [2.05, 4.69) is 15.3 Å². The molecule has 2 aromatic heterocycles. The molecule has 0 fully saturated rings. The number of carbonyl (C=O) groups is 1. The number of hydrogen-bond acceptors (Lipinski definition) is 5. The lowest BCUT2D eigenvalue weighted by Crippen LogP contribution is -2.11. The van der Waals surface area contributed by atoms with Crippen molar-refractivity contribution >= 4 is 67.4 Å². The topological polar surface area (TPSA) is 68.0 Å². The average Bonchev–Trinajstić information content (AvgIpc) is 3.29. The number of rotatable bonds is 3. The van der Waals surface area contributed by atoms with Crippen LogP contribution in [0, 0.1) is 6.92 Å². The Hall–Kier alpha value is -2.93. The van der Waals surface area contributed by atoms with E-state index in [-0.39, 0.29) is 5.91 Å². The van der Waals surface area contributed by atoms with Crippen LogP contribution in [-0.4, -0.2) is 15.9 Å². The third-order valence-corrected chi connectivity index (χ3v) is 6.14. The summed E-state index contributed by atoms with van der Waals surface area (Å²) < 4.78 is 6.88. The molecule has 0 saturated carbocycles. The number of anilines is 1. The number of thiazole rings is 1. The normalized spacial score (nSPS) is 11.3. The van der Waals surface area contributed by atoms with Crippen LogP contribution >= 0.6 is 34.5 Å². The van der Waals surface area contributed by atoms with Crippen LogP contribution in [-0.2, 0) is 0 Å². The lowest BCUT2D eigenvalue weighted by molar-refractivity contribution is 0.102. The first-order valence-electron chi connectivity index (χ1n) is 9.01. The molecule has 30 heavy (non-hydrogen) atoms. The van der Waals surface area contributed by atoms with Crippen LogP contribution in [0.3, 0.4) is 0 Å². The van der Waals surface area contributed by atoms with Gasteiger partial charge in [0.15, 0.2) is 5.58 Å². The van der Waals surface area contributed by atoms with Gasteiger partial charge in [0.05, 0.1) is 30.8 Å². The summed E-state index contributed by atoms with van der Waals surface area (Å²) in [6.45, 7) is 1.96. The molecule has 0 saturated heterocycles. The molecule has 1 N–H and O–H groups in total. The zero-order chi connectivity index (χ0) is 20.8. The number of halogens is 2. The van der Waals surface area contributed by atoms with Crippen molar-refractivity contribution in [3.05, 3.63) is 75.2 Å². The predicted octanol–water partition coefficient (Wildman–Crippen LogP) is 6.97. The van der Waals surface area contributed by atoms with E-state index in [0.29, 0.717) is 43.9 Å². The molecule has 5 rings (SSSR count). The van der Waals surface area contributed by atoms with Crippen LogP contribution in [0.4, 0.5) is 5.69 Å². The molecule has 8 heteroatoms. The Bertz CT molecular complexity index is 1420. The van der Waals surface area contributed by atoms with Crippen molar-refractivity contribution in [1.82, 2.24) is 9.97 Å². The number of aryl methyl sites for hydroxylation is 1. The van der Waals surface area contributed by atoms with Gasteiger partial charge in [-0.2, -0.15) is 0 Å². The molecule has 0 aliphatic rings. The molecular weight excluding hydrogens is 441 g/mol. The SMILES string of the molecule is Cc1nc2ccc(NC(=O)c3ccc4nc(-c5c(Cl)cccc5Cl)oc4c3)cc2s1. The van der Waals surface area contributed by atoms with Crippen molar-refractivity contribution in [3.63, 3.8) is 0 Å². The van der Waals surface area contributed by atoms with Crippen molar-refractivity contribution in [2.24, 2.45) is 0 Å². The molecule has 0 radical (unpaired) electrons. The maximum Gasteiger partial charge on any atom is 0.255 e. The monoisotopic (exact) mass is 453 g/mol. The summed E-state index contributed by atoms with van der Waals surface area (Å²) in [6, 6.07) is 15.9. The molecule has 148 valence electrons. The van der Waals surface area contributed by atoms with E-state index < -0.39 is 0 Å². The second-order valence-corrected chi connectivity index (χ2v) is 8.72. The number of nitrogens with one attached hydrogen (secondary N) is 1. The van der Waals surface area contributed by atoms with E-state index >= 15 is 0 Å². The smallest absolute Gasteiger partial charge is 0.255 e. The Morgan fingerprint density at radius 3 is 2.57 bits per heavy atom. The molecule has 0 aliphatic carbocycles. The van der Waals surface area contributed by atoms with Gasteiger partial charge in [-0.05, 0) is 55.5 Å². The number of hydrogen-bond donors (Lipinski definition) is 1. The van der Waals surface area contributed by atoms with Gasteiger partial charge < -0.3 is 9.73 Å². The summed E-state index contributed by atoms with van der Waals surface area (Å²) >= 11 is 14.1. The van der Waals surface area contributed by atoms with Crippen molar-refractivity contribution in [2.75, 3.05) is 5.32 Å². The lowest BCUT2D eigenvalue weighted by atomic mass is 10.2. The molecule has 0 spiro atoms. The standard InChI is InChI=1S/C22H13Cl2N3O2S/c1-11-25-17-8-6-13(10-19(17)30-11)26-21(28)12-5-7-16-18(9-12)29-22(27-16)20-14(23)3-2-4-15(20)24/h2-10H,1H3,(H,26,28). The van der Waals surface area contributed by atoms with Crippen LogP contribution in [0.15, 0.2) is 59.0 Å². The minimum absolute atomic E-state index is 0.244. The number of amides is 1. The molecule has 5 aromatic rings. The van der Waals surface area contributed by atoms with Crippen molar-refractivity contribution < 1.29 is 9.21 Å². The van der Waals surface area contributed by atoms with E-state index in [4.69, 9.17) is 27.6 Å². The Morgan fingerprint density at radius 2 is 1.77 bits per heavy atom. The third-order valence-electron chi connectivity index (χ3n) is 4.58. The Balaban J connectivity index is 1.46. The zero-order valence-electron chi connectivity index (χ0n) is 15.6. The molecule has 1 amide bonds. The number of carbonyl (C=O) groups excluding carboxylic acids is 1. The molecule has 0 bridgehead atoms. The van der Waals surface area contributed by atoms with Gasteiger partial charge in [0.25, 0.3) is 5.91 Å². The number of nitrogens with zero attached hydrogens (tertiary/aromatic N) is 2. The minimum atomic E-state index is -0.244. The minimum Gasteiger partial charge on any atom is -0.436 e. The zero-order valence-corrected chi connectivity index (χ0v) is 17.9. The van der Waals surface area contributed by atoms with E-state index in [1.807, 2.05) is 25.1 Å². The molecule has 0 aliphatic heterocycles. The molecule has 5 nitrogen and oxygen atoms in total. The van der Waals surface area contributed by atoms with Gasteiger partial charge in [0, 0.05) is 11.3 Å². The Kier molecular flexibility index (Phi) is 4.70. The van der Waals surface area contributed by atoms with E-state index in [1.165, 1.54) is 0 Å². The van der Waals surface area contributed by atoms with Gasteiger partial charge in [0.1, 0.15) is 5.52 Å². The molecule has 3 aromatic carbocycles. The van der Waals surface area contributed by atoms with Gasteiger partial charge in [0.2, 0.25) is 5.89 Å². The van der Waals surface area contributed by atoms with Gasteiger partial charge in [-0.1, -0.05) is 29.3 Å². The van der Waals surface area contributed by atoms with Crippen LogP contribution < -0.4 is 5.32 Å². The van der Waals surface area contributed by atoms with Crippen LogP contribution in [0.1, 0.15) is 15.4 Å². The first-order valence-corrected chi connectivity index (χ1v) is 10.6. The second kappa shape index (κ2) is 7.40. The molecule has 0 atom stereocenters. The fourth-order valence-electron chi connectivity index (χ4n) is 3.20. The first-order chi connectivity index (χ1) is 14.5. The summed E-state index contributed by atoms with van der Waals surface area (Å²) in [7, 11) is 0. The summed E-state index contributed by atoms with van der Waals surface area (Å²) in [5.41, 5.74) is 3.69. The maximum absolute atomic E-state index is 12.8. The largest absolute Gasteiger partial charge is 0.436 e. The van der Waals surface area contributed by atoms with Crippen LogP contribution in [0.2, 0.25) is 10.0 Å². The molecule has 0 unspecified atom stereocenters. The van der Waals surface area contributed by atoms with Gasteiger partial charge >= 0.3 is 0 Å². The second-order valence-electron chi connectivity index (χ2n) is 6.67. The number of aromatic nitrogens is 2. The Labute approximate surface area is 185 Å².